The van der Waals surface area contributed by atoms with Gasteiger partial charge in [-0.05, 0) is 78.9 Å². The number of aromatic nitrogens is 2. The van der Waals surface area contributed by atoms with Crippen LogP contribution in [-0.2, 0) is 55.4 Å². The van der Waals surface area contributed by atoms with Crippen molar-refractivity contribution in [3.8, 4) is 28.9 Å². The van der Waals surface area contributed by atoms with Gasteiger partial charge in [0.05, 0.1) is 43.5 Å². The number of carboxylic acids is 1. The molecule has 0 amide bonds. The fraction of sp³-hybridized carbons (Fsp3) is 0. The standard InChI is InChI=1S/C43H28N12O24S5/c44-35-30(16-31(81(67,68)69)25-7-9-28(39(58)34(25)35)48-47-27-8-3-22(55(62)63)14-32(27)82(70,71)72)50-49-29-10-6-24-26(40(29)84(76,77)78)15-33(83(73,74)75)36(38(24)57)51-45-19-11-18(43(60)61)12-20(13-19)46-52-37-41(79-17-56)53-54(42(37)59)21-1-4-23(5-2-21)80(64,65)66/h1-17,57-59H,44H2,(H,60,61)(H,64,65,66)(H,67,68,69)(H,70,71,72)(H,73,74,75)(H,76,77,78). The second-order valence-corrected chi connectivity index (χ2v) is 23.4. The monoisotopic (exact) mass is 1260 g/mol. The smallest absolute Gasteiger partial charge is 0.335 e. The third-order valence-electron chi connectivity index (χ3n) is 11.2. The summed E-state index contributed by atoms with van der Waals surface area (Å²) in [5.74, 6) is -5.59. The van der Waals surface area contributed by atoms with E-state index in [4.69, 9.17) is 10.5 Å². The summed E-state index contributed by atoms with van der Waals surface area (Å²) in [7, 11) is -26.5. The van der Waals surface area contributed by atoms with Crippen molar-refractivity contribution in [2.24, 2.45) is 40.9 Å². The quantitative estimate of drug-likeness (QED) is 0.00973. The van der Waals surface area contributed by atoms with E-state index in [1.807, 2.05) is 0 Å². The van der Waals surface area contributed by atoms with Crippen molar-refractivity contribution in [3.63, 3.8) is 0 Å². The van der Waals surface area contributed by atoms with Crippen LogP contribution in [0.3, 0.4) is 0 Å². The number of rotatable bonds is 18. The zero-order valence-electron chi connectivity index (χ0n) is 40.5. The Kier molecular flexibility index (Phi) is 15.6. The summed E-state index contributed by atoms with van der Waals surface area (Å²) in [6.45, 7) is -0.126. The lowest BCUT2D eigenvalue weighted by molar-refractivity contribution is -0.385. The van der Waals surface area contributed by atoms with Gasteiger partial charge in [0.1, 0.15) is 48.0 Å². The first-order valence-corrected chi connectivity index (χ1v) is 28.9. The second-order valence-electron chi connectivity index (χ2n) is 16.5. The number of carboxylic acid groups (broad SMARTS) is 1. The van der Waals surface area contributed by atoms with E-state index in [0.717, 1.165) is 78.9 Å². The number of nitrogen functional groups attached to an aromatic ring is 1. The number of ether oxygens (including phenoxy) is 1. The van der Waals surface area contributed by atoms with Crippen molar-refractivity contribution in [2.75, 3.05) is 5.73 Å². The minimum Gasteiger partial charge on any atom is -0.505 e. The van der Waals surface area contributed by atoms with Crippen molar-refractivity contribution in [1.29, 1.82) is 0 Å². The molecular weight excluding hydrogens is 1230 g/mol. The Balaban J connectivity index is 1.20. The normalized spacial score (nSPS) is 12.8. The maximum absolute atomic E-state index is 13.1. The van der Waals surface area contributed by atoms with E-state index < -0.39 is 193 Å². The Hall–Kier alpha value is -10.2. The molecule has 7 aromatic carbocycles. The van der Waals surface area contributed by atoms with Gasteiger partial charge >= 0.3 is 5.97 Å². The highest BCUT2D eigenvalue weighted by Gasteiger charge is 2.30. The summed E-state index contributed by atoms with van der Waals surface area (Å²) in [5, 5.41) is 85.5. The highest BCUT2D eigenvalue weighted by Crippen LogP contribution is 2.49. The number of phenols is 2. The molecule has 0 bridgehead atoms. The Bertz CT molecular complexity index is 4920. The maximum Gasteiger partial charge on any atom is 0.335 e. The zero-order chi connectivity index (χ0) is 61.8. The third-order valence-corrected chi connectivity index (χ3v) is 15.7. The molecule has 0 aliphatic heterocycles. The number of nitro groups is 1. The van der Waals surface area contributed by atoms with E-state index in [2.05, 4.69) is 46.0 Å². The fourth-order valence-corrected chi connectivity index (χ4v) is 10.9. The molecule has 1 aromatic heterocycles. The van der Waals surface area contributed by atoms with Crippen LogP contribution in [0, 0.1) is 10.1 Å². The van der Waals surface area contributed by atoms with Crippen LogP contribution in [0.5, 0.6) is 23.3 Å². The lowest BCUT2D eigenvalue weighted by Gasteiger charge is -2.13. The zero-order valence-corrected chi connectivity index (χ0v) is 44.6. The number of aromatic hydroxyl groups is 3. The van der Waals surface area contributed by atoms with Gasteiger partial charge in [-0.1, -0.05) is 6.07 Å². The Morgan fingerprint density at radius 2 is 1.12 bits per heavy atom. The Morgan fingerprint density at radius 1 is 0.571 bits per heavy atom. The topological polar surface area (TPSA) is 582 Å². The number of aromatic carboxylic acids is 1. The maximum atomic E-state index is 13.1. The molecule has 434 valence electrons. The fourth-order valence-electron chi connectivity index (χ4n) is 7.57. The number of anilines is 1. The molecule has 41 heteroatoms. The molecule has 8 rings (SSSR count). The molecule has 1 heterocycles. The lowest BCUT2D eigenvalue weighted by atomic mass is 10.1. The number of carbonyl (C=O) groups excluding carboxylic acids is 1. The molecule has 0 aliphatic rings. The number of nitrogens with zero attached hydrogens (tertiary/aromatic N) is 11. The molecule has 0 saturated carbocycles. The van der Waals surface area contributed by atoms with Gasteiger partial charge in [0.2, 0.25) is 11.6 Å². The molecule has 0 fully saturated rings. The van der Waals surface area contributed by atoms with Gasteiger partial charge in [0.25, 0.3) is 68.6 Å². The van der Waals surface area contributed by atoms with Gasteiger partial charge in [-0.2, -0.15) is 57.0 Å². The third kappa shape index (κ3) is 12.2. The Labute approximate surface area is 466 Å². The Morgan fingerprint density at radius 3 is 1.68 bits per heavy atom. The van der Waals surface area contributed by atoms with Crippen LogP contribution >= 0.6 is 0 Å². The van der Waals surface area contributed by atoms with E-state index in [0.29, 0.717) is 22.9 Å². The van der Waals surface area contributed by atoms with Crippen molar-refractivity contribution in [2.45, 2.75) is 24.5 Å². The number of hydrogen-bond acceptors (Lipinski definition) is 28. The summed E-state index contributed by atoms with van der Waals surface area (Å²) in [4.78, 5) is 28.2. The molecule has 0 unspecified atom stereocenters. The van der Waals surface area contributed by atoms with Gasteiger partial charge in [-0.15, -0.1) is 35.8 Å². The van der Waals surface area contributed by atoms with Crippen LogP contribution in [0.4, 0.5) is 56.9 Å². The molecular formula is C43H28N12O24S5. The van der Waals surface area contributed by atoms with Gasteiger partial charge in [-0.25, -0.2) is 4.79 Å². The first-order valence-electron chi connectivity index (χ1n) is 21.7. The van der Waals surface area contributed by atoms with Gasteiger partial charge < -0.3 is 30.9 Å². The van der Waals surface area contributed by atoms with Crippen LogP contribution in [-0.4, -0.2) is 112 Å². The SMILES string of the molecule is Nc1c(N=Nc2ccc3c(O)c(N=Nc4cc(N=Nc5c(OC=O)nn(-c6ccc(S(=O)(=O)O)cc6)c5O)cc(C(=O)O)c4)c(S(=O)(=O)O)cc3c2S(=O)(=O)O)cc(S(=O)(=O)O)c2ccc(N=Nc3ccc([N+](=O)[O-])cc3S(=O)(=O)O)c(O)c12. The second kappa shape index (κ2) is 21.9. The summed E-state index contributed by atoms with van der Waals surface area (Å²) < 4.78 is 180. The number of hydrogen-bond donors (Lipinski definition) is 10. The van der Waals surface area contributed by atoms with Crippen molar-refractivity contribution in [3.05, 3.63) is 113 Å². The number of carbonyl (C=O) groups is 2. The summed E-state index contributed by atoms with van der Waals surface area (Å²) in [6, 6.07) is 12.9. The molecule has 84 heavy (non-hydrogen) atoms. The number of benzene rings is 7. The molecule has 0 radical (unpaired) electrons. The van der Waals surface area contributed by atoms with Crippen molar-refractivity contribution >= 4 is 141 Å². The molecule has 36 nitrogen and oxygen atoms in total. The lowest BCUT2D eigenvalue weighted by Crippen LogP contribution is -2.03. The number of non-ortho nitro benzene ring substituents is 1. The summed E-state index contributed by atoms with van der Waals surface area (Å²) in [5.41, 5.74) is -1.84. The minimum absolute atomic E-state index is 0.0745. The van der Waals surface area contributed by atoms with Gasteiger partial charge in [-0.3, -0.25) is 37.7 Å². The predicted molar refractivity (Wildman–Crippen MR) is 280 cm³/mol. The number of phenolic OH excluding ortho intramolecular Hbond substituents is 2. The average molecular weight is 1260 g/mol. The predicted octanol–water partition coefficient (Wildman–Crippen LogP) is 7.91. The van der Waals surface area contributed by atoms with Crippen LogP contribution in [0.2, 0.25) is 0 Å². The first-order chi connectivity index (χ1) is 39.1. The molecule has 0 saturated heterocycles. The highest BCUT2D eigenvalue weighted by molar-refractivity contribution is 7.87. The minimum atomic E-state index is -5.68. The molecule has 0 spiro atoms. The van der Waals surface area contributed by atoms with Crippen LogP contribution < -0.4 is 10.5 Å². The number of nitrogens with two attached hydrogens (primary N) is 1. The summed E-state index contributed by atoms with van der Waals surface area (Å²) in [6.07, 6.45) is 0. The van der Waals surface area contributed by atoms with Gasteiger partial charge in [0.15, 0.2) is 11.5 Å². The van der Waals surface area contributed by atoms with E-state index in [1.54, 1.807) is 0 Å². The molecule has 0 aliphatic carbocycles. The highest BCUT2D eigenvalue weighted by atomic mass is 32.2. The van der Waals surface area contributed by atoms with Crippen LogP contribution in [0.1, 0.15) is 10.4 Å². The number of nitro benzene ring substituents is 1. The van der Waals surface area contributed by atoms with E-state index >= 15 is 0 Å². The average Bonchev–Trinajstić information content (AvgIpc) is 2.58. The van der Waals surface area contributed by atoms with Crippen LogP contribution in [0.15, 0.2) is 162 Å². The van der Waals surface area contributed by atoms with Crippen molar-refractivity contribution < 1.29 is 105 Å². The number of fused-ring (bicyclic) bond motifs is 2. The largest absolute Gasteiger partial charge is 0.505 e. The molecule has 8 aromatic rings. The van der Waals surface area contributed by atoms with Gasteiger partial charge in [0, 0.05) is 28.3 Å². The van der Waals surface area contributed by atoms with E-state index in [1.165, 1.54) is 0 Å². The summed E-state index contributed by atoms with van der Waals surface area (Å²) >= 11 is 0. The molecule has 0 atom stereocenters. The van der Waals surface area contributed by atoms with Crippen LogP contribution in [0.25, 0.3) is 27.2 Å². The molecule has 11 N–H and O–H groups in total. The van der Waals surface area contributed by atoms with E-state index in [-0.39, 0.29) is 12.2 Å². The van der Waals surface area contributed by atoms with E-state index in [9.17, 15) is 105 Å². The first kappa shape index (κ1) is 59.9. The number of azo groups is 4. The van der Waals surface area contributed by atoms with Crippen molar-refractivity contribution in [1.82, 2.24) is 9.78 Å².